The lowest BCUT2D eigenvalue weighted by atomic mass is 9.87. The molecule has 1 aliphatic heterocycles. The van der Waals surface area contributed by atoms with Crippen LogP contribution in [0.5, 0.6) is 0 Å². The first-order valence-electron chi connectivity index (χ1n) is 5.82. The highest BCUT2D eigenvalue weighted by molar-refractivity contribution is 5.92. The summed E-state index contributed by atoms with van der Waals surface area (Å²) in [6.45, 7) is 2.19. The van der Waals surface area contributed by atoms with Crippen LogP contribution in [0.25, 0.3) is 10.9 Å². The summed E-state index contributed by atoms with van der Waals surface area (Å²) in [7, 11) is 0. The molecule has 90 valence electrons. The molecule has 4 nitrogen and oxygen atoms in total. The zero-order valence-electron chi connectivity index (χ0n) is 9.57. The second kappa shape index (κ2) is 4.05. The van der Waals surface area contributed by atoms with Crippen molar-refractivity contribution in [3.8, 4) is 0 Å². The summed E-state index contributed by atoms with van der Waals surface area (Å²) < 4.78 is 5.18. The summed E-state index contributed by atoms with van der Waals surface area (Å²) in [6, 6.07) is 8.17. The average Bonchev–Trinajstić information content (AvgIpc) is 2.72. The summed E-state index contributed by atoms with van der Waals surface area (Å²) >= 11 is 0. The number of para-hydroxylation sites is 1. The molecule has 2 heterocycles. The predicted octanol–water partition coefficient (Wildman–Crippen LogP) is 1.59. The Kier molecular flexibility index (Phi) is 2.53. The van der Waals surface area contributed by atoms with Gasteiger partial charge < -0.3 is 20.1 Å². The molecule has 4 heteroatoms. The lowest BCUT2D eigenvalue weighted by molar-refractivity contribution is -0.128. The van der Waals surface area contributed by atoms with E-state index in [0.29, 0.717) is 13.2 Å². The number of aliphatic hydroxyl groups is 1. The Hall–Kier alpha value is -1.52. The van der Waals surface area contributed by atoms with Crippen molar-refractivity contribution in [2.75, 3.05) is 31.7 Å². The molecule has 1 aliphatic rings. The summed E-state index contributed by atoms with van der Waals surface area (Å²) in [4.78, 5) is 3.22. The standard InChI is InChI=1S/C13H16N2O2/c16-7-13(8-17-9-13)6-15-12-5-14-11-4-2-1-3-10(11)12/h1-5,14-16H,6-9H2. The van der Waals surface area contributed by atoms with Crippen LogP contribution >= 0.6 is 0 Å². The van der Waals surface area contributed by atoms with Gasteiger partial charge in [-0.1, -0.05) is 18.2 Å². The molecule has 0 atom stereocenters. The molecule has 2 aromatic rings. The maximum Gasteiger partial charge on any atom is 0.0598 e. The van der Waals surface area contributed by atoms with Gasteiger partial charge in [0.25, 0.3) is 0 Å². The van der Waals surface area contributed by atoms with Gasteiger partial charge in [0.2, 0.25) is 0 Å². The predicted molar refractivity (Wildman–Crippen MR) is 67.1 cm³/mol. The maximum absolute atomic E-state index is 9.35. The van der Waals surface area contributed by atoms with Crippen LogP contribution in [0.2, 0.25) is 0 Å². The van der Waals surface area contributed by atoms with E-state index in [1.807, 2.05) is 18.3 Å². The zero-order valence-corrected chi connectivity index (χ0v) is 9.57. The van der Waals surface area contributed by atoms with Gasteiger partial charge in [-0.15, -0.1) is 0 Å². The molecule has 3 rings (SSSR count). The summed E-state index contributed by atoms with van der Waals surface area (Å²) in [5.74, 6) is 0. The normalized spacial score (nSPS) is 17.9. The molecular formula is C13H16N2O2. The molecule has 1 saturated heterocycles. The van der Waals surface area contributed by atoms with E-state index in [4.69, 9.17) is 4.74 Å². The van der Waals surface area contributed by atoms with Gasteiger partial charge in [-0.2, -0.15) is 0 Å². The third kappa shape index (κ3) is 1.79. The number of H-pyrrole nitrogens is 1. The fourth-order valence-corrected chi connectivity index (χ4v) is 2.14. The second-order valence-electron chi connectivity index (χ2n) is 4.75. The minimum atomic E-state index is -0.0988. The number of ether oxygens (including phenoxy) is 1. The van der Waals surface area contributed by atoms with E-state index in [9.17, 15) is 5.11 Å². The average molecular weight is 232 g/mol. The van der Waals surface area contributed by atoms with Gasteiger partial charge in [0.15, 0.2) is 0 Å². The van der Waals surface area contributed by atoms with Gasteiger partial charge in [-0.25, -0.2) is 0 Å². The molecule has 1 fully saturated rings. The maximum atomic E-state index is 9.35. The van der Waals surface area contributed by atoms with Gasteiger partial charge >= 0.3 is 0 Å². The molecule has 1 aromatic heterocycles. The Balaban J connectivity index is 1.77. The van der Waals surface area contributed by atoms with Gasteiger partial charge in [0, 0.05) is 23.6 Å². The molecule has 0 bridgehead atoms. The number of benzene rings is 1. The number of aromatic amines is 1. The Morgan fingerprint density at radius 2 is 2.18 bits per heavy atom. The van der Waals surface area contributed by atoms with Crippen LogP contribution in [0.4, 0.5) is 5.69 Å². The zero-order chi connectivity index (χ0) is 11.7. The summed E-state index contributed by atoms with van der Waals surface area (Å²) in [5, 5.41) is 13.9. The van der Waals surface area contributed by atoms with Gasteiger partial charge in [-0.3, -0.25) is 0 Å². The van der Waals surface area contributed by atoms with E-state index in [1.165, 1.54) is 5.39 Å². The smallest absolute Gasteiger partial charge is 0.0598 e. The number of fused-ring (bicyclic) bond motifs is 1. The van der Waals surface area contributed by atoms with Crippen molar-refractivity contribution in [1.29, 1.82) is 0 Å². The Labute approximate surface area is 99.6 Å². The first-order valence-corrected chi connectivity index (χ1v) is 5.82. The van der Waals surface area contributed by atoms with Crippen LogP contribution in [0.3, 0.4) is 0 Å². The van der Waals surface area contributed by atoms with Crippen molar-refractivity contribution in [1.82, 2.24) is 4.98 Å². The fraction of sp³-hybridized carbons (Fsp3) is 0.385. The Morgan fingerprint density at radius 1 is 1.35 bits per heavy atom. The molecular weight excluding hydrogens is 216 g/mol. The number of aliphatic hydroxyl groups excluding tert-OH is 1. The van der Waals surface area contributed by atoms with Crippen molar-refractivity contribution >= 4 is 16.6 Å². The quantitative estimate of drug-likeness (QED) is 0.750. The van der Waals surface area contributed by atoms with Crippen LogP contribution in [0.15, 0.2) is 30.5 Å². The number of hydrogen-bond donors (Lipinski definition) is 3. The van der Waals surface area contributed by atoms with Crippen LogP contribution < -0.4 is 5.32 Å². The van der Waals surface area contributed by atoms with Crippen molar-refractivity contribution in [2.45, 2.75) is 0 Å². The van der Waals surface area contributed by atoms with Crippen LogP contribution in [-0.4, -0.2) is 36.5 Å². The topological polar surface area (TPSA) is 57.3 Å². The molecule has 0 amide bonds. The molecule has 0 radical (unpaired) electrons. The molecule has 0 spiro atoms. The van der Waals surface area contributed by atoms with Crippen molar-refractivity contribution in [3.05, 3.63) is 30.5 Å². The van der Waals surface area contributed by atoms with Crippen LogP contribution in [-0.2, 0) is 4.74 Å². The minimum absolute atomic E-state index is 0.0988. The second-order valence-corrected chi connectivity index (χ2v) is 4.75. The highest BCUT2D eigenvalue weighted by Crippen LogP contribution is 2.29. The molecule has 0 saturated carbocycles. The van der Waals surface area contributed by atoms with Gasteiger partial charge in [0.1, 0.15) is 0 Å². The highest BCUT2D eigenvalue weighted by atomic mass is 16.5. The SMILES string of the molecule is OCC1(CNc2c[nH]c3ccccc23)COC1. The minimum Gasteiger partial charge on any atom is -0.396 e. The molecule has 1 aromatic carbocycles. The number of aromatic nitrogens is 1. The number of hydrogen-bond acceptors (Lipinski definition) is 3. The van der Waals surface area contributed by atoms with E-state index < -0.39 is 0 Å². The number of anilines is 1. The molecule has 0 aliphatic carbocycles. The first kappa shape index (κ1) is 10.6. The van der Waals surface area contributed by atoms with Gasteiger partial charge in [0.05, 0.1) is 30.9 Å². The van der Waals surface area contributed by atoms with E-state index in [-0.39, 0.29) is 12.0 Å². The lowest BCUT2D eigenvalue weighted by Gasteiger charge is -2.40. The lowest BCUT2D eigenvalue weighted by Crippen LogP contribution is -2.50. The van der Waals surface area contributed by atoms with E-state index in [2.05, 4.69) is 22.4 Å². The first-order chi connectivity index (χ1) is 8.33. The van der Waals surface area contributed by atoms with Crippen LogP contribution in [0.1, 0.15) is 0 Å². The summed E-state index contributed by atoms with van der Waals surface area (Å²) in [6.07, 6.45) is 1.97. The molecule has 3 N–H and O–H groups in total. The molecule has 17 heavy (non-hydrogen) atoms. The van der Waals surface area contributed by atoms with E-state index >= 15 is 0 Å². The monoisotopic (exact) mass is 232 g/mol. The van der Waals surface area contributed by atoms with Gasteiger partial charge in [-0.05, 0) is 6.07 Å². The fourth-order valence-electron chi connectivity index (χ4n) is 2.14. The number of rotatable bonds is 4. The Bertz CT molecular complexity index is 511. The van der Waals surface area contributed by atoms with E-state index in [1.54, 1.807) is 0 Å². The van der Waals surface area contributed by atoms with E-state index in [0.717, 1.165) is 17.7 Å². The molecule has 0 unspecified atom stereocenters. The third-order valence-corrected chi connectivity index (χ3v) is 3.39. The largest absolute Gasteiger partial charge is 0.396 e. The number of nitrogens with one attached hydrogen (secondary N) is 2. The Morgan fingerprint density at radius 3 is 2.88 bits per heavy atom. The van der Waals surface area contributed by atoms with Crippen LogP contribution in [0, 0.1) is 5.41 Å². The van der Waals surface area contributed by atoms with Crippen molar-refractivity contribution in [3.63, 3.8) is 0 Å². The van der Waals surface area contributed by atoms with Crippen molar-refractivity contribution in [2.24, 2.45) is 5.41 Å². The summed E-state index contributed by atoms with van der Waals surface area (Å²) in [5.41, 5.74) is 2.11. The highest BCUT2D eigenvalue weighted by Gasteiger charge is 2.37. The van der Waals surface area contributed by atoms with Crippen molar-refractivity contribution < 1.29 is 9.84 Å². The third-order valence-electron chi connectivity index (χ3n) is 3.39.